The van der Waals surface area contributed by atoms with Crippen molar-refractivity contribution in [2.75, 3.05) is 27.4 Å². The molecular weight excluding hydrogens is 394 g/mol. The van der Waals surface area contributed by atoms with Crippen molar-refractivity contribution in [2.24, 2.45) is 0 Å². The van der Waals surface area contributed by atoms with E-state index in [2.05, 4.69) is 0 Å². The molecular formula is C22H22ClNO5. The highest BCUT2D eigenvalue weighted by Crippen LogP contribution is 2.40. The lowest BCUT2D eigenvalue weighted by molar-refractivity contribution is -0.140. The van der Waals surface area contributed by atoms with Gasteiger partial charge in [-0.1, -0.05) is 35.9 Å². The fraction of sp³-hybridized carbons (Fsp3) is 0.273. The maximum absolute atomic E-state index is 12.9. The molecule has 2 aromatic rings. The predicted molar refractivity (Wildman–Crippen MR) is 110 cm³/mol. The van der Waals surface area contributed by atoms with E-state index in [1.807, 2.05) is 0 Å². The second-order valence-electron chi connectivity index (χ2n) is 6.62. The SMILES string of the molecule is COCCCN1C(=O)C(=O)C(=C(O)c2cccc(OC)c2)C1c1ccc(Cl)cc1. The van der Waals surface area contributed by atoms with Crippen LogP contribution in [0.15, 0.2) is 54.1 Å². The first-order valence-electron chi connectivity index (χ1n) is 9.15. The fourth-order valence-electron chi connectivity index (χ4n) is 3.41. The number of carbonyl (C=O) groups excluding carboxylic acids is 2. The molecule has 1 aliphatic heterocycles. The van der Waals surface area contributed by atoms with E-state index in [1.165, 1.54) is 12.0 Å². The summed E-state index contributed by atoms with van der Waals surface area (Å²) in [6.07, 6.45) is 0.562. The van der Waals surface area contributed by atoms with Gasteiger partial charge in [0.05, 0.1) is 18.7 Å². The molecule has 0 saturated carbocycles. The van der Waals surface area contributed by atoms with Gasteiger partial charge in [-0.2, -0.15) is 0 Å². The molecule has 1 saturated heterocycles. The molecule has 1 aliphatic rings. The Morgan fingerprint density at radius 2 is 1.86 bits per heavy atom. The van der Waals surface area contributed by atoms with Crippen LogP contribution in [0.5, 0.6) is 5.75 Å². The van der Waals surface area contributed by atoms with Gasteiger partial charge < -0.3 is 19.5 Å². The molecule has 1 unspecified atom stereocenters. The Kier molecular flexibility index (Phi) is 6.56. The van der Waals surface area contributed by atoms with E-state index < -0.39 is 17.7 Å². The zero-order chi connectivity index (χ0) is 21.0. The zero-order valence-electron chi connectivity index (χ0n) is 16.2. The number of ether oxygens (including phenoxy) is 2. The summed E-state index contributed by atoms with van der Waals surface area (Å²) in [7, 11) is 3.09. The van der Waals surface area contributed by atoms with Crippen molar-refractivity contribution in [3.05, 3.63) is 70.3 Å². The minimum absolute atomic E-state index is 0.0444. The number of aliphatic hydroxyl groups excluding tert-OH is 1. The first-order valence-corrected chi connectivity index (χ1v) is 9.53. The van der Waals surface area contributed by atoms with Crippen LogP contribution < -0.4 is 4.74 Å². The molecule has 0 spiro atoms. The van der Waals surface area contributed by atoms with Crippen molar-refractivity contribution in [2.45, 2.75) is 12.5 Å². The number of methoxy groups -OCH3 is 2. The number of ketones is 1. The quantitative estimate of drug-likeness (QED) is 0.322. The number of carbonyl (C=O) groups is 2. The van der Waals surface area contributed by atoms with Crippen LogP contribution in [-0.4, -0.2) is 49.1 Å². The molecule has 7 heteroatoms. The molecule has 0 bridgehead atoms. The van der Waals surface area contributed by atoms with E-state index in [9.17, 15) is 14.7 Å². The number of likely N-dealkylation sites (tertiary alicyclic amines) is 1. The molecule has 0 aromatic heterocycles. The summed E-state index contributed by atoms with van der Waals surface area (Å²) >= 11 is 6.00. The molecule has 1 N–H and O–H groups in total. The number of Topliss-reactive ketones (excluding diaryl/α,β-unsaturated/α-hetero) is 1. The molecule has 2 aromatic carbocycles. The molecule has 3 rings (SSSR count). The largest absolute Gasteiger partial charge is 0.507 e. The lowest BCUT2D eigenvalue weighted by atomic mass is 9.95. The predicted octanol–water partition coefficient (Wildman–Crippen LogP) is 3.81. The third-order valence-electron chi connectivity index (χ3n) is 4.82. The highest BCUT2D eigenvalue weighted by molar-refractivity contribution is 6.46. The Bertz CT molecular complexity index is 938. The Balaban J connectivity index is 2.12. The number of hydrogen-bond acceptors (Lipinski definition) is 5. The molecule has 1 heterocycles. The first kappa shape index (κ1) is 20.9. The lowest BCUT2D eigenvalue weighted by Gasteiger charge is -2.25. The third kappa shape index (κ3) is 4.28. The van der Waals surface area contributed by atoms with Crippen molar-refractivity contribution in [3.8, 4) is 5.75 Å². The van der Waals surface area contributed by atoms with Crippen molar-refractivity contribution >= 4 is 29.1 Å². The molecule has 0 radical (unpaired) electrons. The number of aliphatic hydroxyl groups is 1. The monoisotopic (exact) mass is 415 g/mol. The van der Waals surface area contributed by atoms with Gasteiger partial charge in [0, 0.05) is 30.8 Å². The van der Waals surface area contributed by atoms with Gasteiger partial charge in [0.2, 0.25) is 0 Å². The minimum atomic E-state index is -0.720. The van der Waals surface area contributed by atoms with Crippen LogP contribution in [-0.2, 0) is 14.3 Å². The summed E-state index contributed by atoms with van der Waals surface area (Å²) in [4.78, 5) is 27.1. The van der Waals surface area contributed by atoms with Gasteiger partial charge in [-0.25, -0.2) is 0 Å². The van der Waals surface area contributed by atoms with Crippen molar-refractivity contribution in [1.82, 2.24) is 4.90 Å². The second kappa shape index (κ2) is 9.11. The van der Waals surface area contributed by atoms with Crippen LogP contribution in [0.1, 0.15) is 23.6 Å². The number of nitrogens with zero attached hydrogens (tertiary/aromatic N) is 1. The van der Waals surface area contributed by atoms with E-state index in [4.69, 9.17) is 21.1 Å². The van der Waals surface area contributed by atoms with E-state index in [0.717, 1.165) is 0 Å². The molecule has 1 fully saturated rings. The van der Waals surface area contributed by atoms with Gasteiger partial charge in [0.15, 0.2) is 0 Å². The lowest BCUT2D eigenvalue weighted by Crippen LogP contribution is -2.31. The average molecular weight is 416 g/mol. The van der Waals surface area contributed by atoms with Crippen LogP contribution in [0.2, 0.25) is 5.02 Å². The minimum Gasteiger partial charge on any atom is -0.507 e. The maximum atomic E-state index is 12.9. The number of rotatable bonds is 7. The molecule has 1 atom stereocenters. The van der Waals surface area contributed by atoms with E-state index >= 15 is 0 Å². The normalized spacial score (nSPS) is 18.3. The molecule has 1 amide bonds. The average Bonchev–Trinajstić information content (AvgIpc) is 2.99. The number of hydrogen-bond donors (Lipinski definition) is 1. The van der Waals surface area contributed by atoms with E-state index in [0.29, 0.717) is 41.5 Å². The topological polar surface area (TPSA) is 76.1 Å². The molecule has 152 valence electrons. The van der Waals surface area contributed by atoms with E-state index in [-0.39, 0.29) is 11.3 Å². The van der Waals surface area contributed by atoms with Crippen LogP contribution >= 0.6 is 11.6 Å². The Morgan fingerprint density at radius 1 is 1.14 bits per heavy atom. The van der Waals surface area contributed by atoms with Crippen LogP contribution in [0.25, 0.3) is 5.76 Å². The zero-order valence-corrected chi connectivity index (χ0v) is 17.0. The fourth-order valence-corrected chi connectivity index (χ4v) is 3.53. The smallest absolute Gasteiger partial charge is 0.295 e. The van der Waals surface area contributed by atoms with Gasteiger partial charge in [0.25, 0.3) is 11.7 Å². The van der Waals surface area contributed by atoms with Crippen molar-refractivity contribution < 1.29 is 24.2 Å². The number of benzene rings is 2. The number of amides is 1. The van der Waals surface area contributed by atoms with Gasteiger partial charge in [-0.15, -0.1) is 0 Å². The Labute approximate surface area is 174 Å². The summed E-state index contributed by atoms with van der Waals surface area (Å²) in [6.45, 7) is 0.771. The van der Waals surface area contributed by atoms with Gasteiger partial charge >= 0.3 is 0 Å². The number of halogens is 1. The summed E-state index contributed by atoms with van der Waals surface area (Å²) in [6, 6.07) is 12.9. The van der Waals surface area contributed by atoms with Crippen molar-refractivity contribution in [1.29, 1.82) is 0 Å². The van der Waals surface area contributed by atoms with Crippen LogP contribution in [0.4, 0.5) is 0 Å². The Morgan fingerprint density at radius 3 is 2.52 bits per heavy atom. The van der Waals surface area contributed by atoms with Gasteiger partial charge in [-0.3, -0.25) is 9.59 Å². The van der Waals surface area contributed by atoms with Gasteiger partial charge in [-0.05, 0) is 36.2 Å². The van der Waals surface area contributed by atoms with Crippen LogP contribution in [0, 0.1) is 0 Å². The summed E-state index contributed by atoms with van der Waals surface area (Å²) in [5.41, 5.74) is 1.14. The third-order valence-corrected chi connectivity index (χ3v) is 5.07. The second-order valence-corrected chi connectivity index (χ2v) is 7.06. The molecule has 0 aliphatic carbocycles. The summed E-state index contributed by atoms with van der Waals surface area (Å²) in [5.74, 6) is -1.07. The van der Waals surface area contributed by atoms with Crippen LogP contribution in [0.3, 0.4) is 0 Å². The summed E-state index contributed by atoms with van der Waals surface area (Å²) in [5, 5.41) is 11.5. The molecule has 6 nitrogen and oxygen atoms in total. The molecule has 29 heavy (non-hydrogen) atoms. The maximum Gasteiger partial charge on any atom is 0.295 e. The highest BCUT2D eigenvalue weighted by atomic mass is 35.5. The van der Waals surface area contributed by atoms with Gasteiger partial charge in [0.1, 0.15) is 11.5 Å². The van der Waals surface area contributed by atoms with Crippen molar-refractivity contribution in [3.63, 3.8) is 0 Å². The first-order chi connectivity index (χ1) is 14.0. The van der Waals surface area contributed by atoms with E-state index in [1.54, 1.807) is 55.6 Å². The standard InChI is InChI=1S/C22H22ClNO5/c1-28-12-4-11-24-19(14-7-9-16(23)10-8-14)18(21(26)22(24)27)20(25)15-5-3-6-17(13-15)29-2/h3,5-10,13,19,25H,4,11-12H2,1-2H3. The highest BCUT2D eigenvalue weighted by Gasteiger charge is 2.45. The summed E-state index contributed by atoms with van der Waals surface area (Å²) < 4.78 is 10.3. The Hall–Kier alpha value is -2.83.